The van der Waals surface area contributed by atoms with E-state index >= 15 is 0 Å². The van der Waals surface area contributed by atoms with Gasteiger partial charge in [0.25, 0.3) is 0 Å². The molecule has 0 saturated carbocycles. The van der Waals surface area contributed by atoms with E-state index in [0.29, 0.717) is 0 Å². The van der Waals surface area contributed by atoms with Gasteiger partial charge in [0.1, 0.15) is 10.1 Å². The van der Waals surface area contributed by atoms with Crippen LogP contribution in [0.1, 0.15) is 5.56 Å². The molecule has 4 heteroatoms. The first-order valence-electron chi connectivity index (χ1n) is 6.03. The minimum atomic E-state index is 0.963. The van der Waals surface area contributed by atoms with Gasteiger partial charge in [-0.05, 0) is 36.8 Å². The zero-order valence-corrected chi connectivity index (χ0v) is 11.9. The number of rotatable bonds is 0. The van der Waals surface area contributed by atoms with Gasteiger partial charge < -0.3 is 0 Å². The molecule has 0 bridgehead atoms. The topological polar surface area (TPSA) is 25.8 Å². The average molecular weight is 282 g/mol. The third-order valence-electron chi connectivity index (χ3n) is 3.02. The molecule has 2 aromatic carbocycles. The lowest BCUT2D eigenvalue weighted by Gasteiger charge is -2.17. The predicted molar refractivity (Wildman–Crippen MR) is 79.0 cm³/mol. The van der Waals surface area contributed by atoms with Crippen LogP contribution in [-0.2, 0) is 0 Å². The highest BCUT2D eigenvalue weighted by Gasteiger charge is 2.20. The van der Waals surface area contributed by atoms with Crippen molar-refractivity contribution in [2.24, 2.45) is 0 Å². The SMILES string of the molecule is Cc1ccc2c(c1)Sc1nc3ccccc3nc1S2. The lowest BCUT2D eigenvalue weighted by Crippen LogP contribution is -1.97. The molecule has 2 nitrogen and oxygen atoms in total. The molecule has 1 aliphatic heterocycles. The van der Waals surface area contributed by atoms with Gasteiger partial charge in [-0.25, -0.2) is 9.97 Å². The van der Waals surface area contributed by atoms with Crippen LogP contribution in [0.25, 0.3) is 11.0 Å². The molecule has 0 N–H and O–H groups in total. The van der Waals surface area contributed by atoms with Gasteiger partial charge in [0.15, 0.2) is 0 Å². The van der Waals surface area contributed by atoms with Gasteiger partial charge in [0.05, 0.1) is 11.0 Å². The number of aryl methyl sites for hydroxylation is 1. The van der Waals surface area contributed by atoms with Crippen molar-refractivity contribution in [3.05, 3.63) is 48.0 Å². The summed E-state index contributed by atoms with van der Waals surface area (Å²) >= 11 is 3.43. The molecule has 4 rings (SSSR count). The maximum Gasteiger partial charge on any atom is 0.134 e. The largest absolute Gasteiger partial charge is 0.237 e. The Morgan fingerprint density at radius 1 is 0.789 bits per heavy atom. The fourth-order valence-corrected chi connectivity index (χ4v) is 4.27. The highest BCUT2D eigenvalue weighted by Crippen LogP contribution is 2.47. The molecule has 0 radical (unpaired) electrons. The average Bonchev–Trinajstić information content (AvgIpc) is 2.43. The smallest absolute Gasteiger partial charge is 0.134 e. The van der Waals surface area contributed by atoms with Crippen molar-refractivity contribution in [2.45, 2.75) is 26.8 Å². The normalized spacial score (nSPS) is 13.1. The summed E-state index contributed by atoms with van der Waals surface area (Å²) in [6.07, 6.45) is 0. The van der Waals surface area contributed by atoms with E-state index < -0.39 is 0 Å². The minimum absolute atomic E-state index is 0.963. The molecule has 0 fully saturated rings. The van der Waals surface area contributed by atoms with Crippen LogP contribution in [-0.4, -0.2) is 9.97 Å². The van der Waals surface area contributed by atoms with Crippen molar-refractivity contribution in [1.82, 2.24) is 9.97 Å². The monoisotopic (exact) mass is 282 g/mol. The van der Waals surface area contributed by atoms with Gasteiger partial charge >= 0.3 is 0 Å². The summed E-state index contributed by atoms with van der Waals surface area (Å²) in [4.78, 5) is 12.0. The summed E-state index contributed by atoms with van der Waals surface area (Å²) in [5.74, 6) is 0. The predicted octanol–water partition coefficient (Wildman–Crippen LogP) is 4.55. The molecule has 2 heterocycles. The van der Waals surface area contributed by atoms with E-state index in [0.717, 1.165) is 21.1 Å². The minimum Gasteiger partial charge on any atom is -0.237 e. The van der Waals surface area contributed by atoms with E-state index in [4.69, 9.17) is 9.97 Å². The molecule has 19 heavy (non-hydrogen) atoms. The van der Waals surface area contributed by atoms with E-state index in [1.54, 1.807) is 23.5 Å². The highest BCUT2D eigenvalue weighted by molar-refractivity contribution is 8.05. The molecule has 3 aromatic rings. The summed E-state index contributed by atoms with van der Waals surface area (Å²) in [5.41, 5.74) is 3.21. The molecule has 0 saturated heterocycles. The second kappa shape index (κ2) is 4.25. The van der Waals surface area contributed by atoms with E-state index in [-0.39, 0.29) is 0 Å². The standard InChI is InChI=1S/C15H10N2S2/c1-9-6-7-12-13(8-9)19-15-14(18-12)16-10-4-2-3-5-11(10)17-15/h2-8H,1H3. The molecule has 1 aliphatic rings. The lowest BCUT2D eigenvalue weighted by atomic mass is 10.2. The Balaban J connectivity index is 1.90. The second-order valence-corrected chi connectivity index (χ2v) is 6.54. The van der Waals surface area contributed by atoms with Crippen LogP contribution < -0.4 is 0 Å². The highest BCUT2D eigenvalue weighted by atomic mass is 32.2. The van der Waals surface area contributed by atoms with E-state index in [1.807, 2.05) is 24.3 Å². The number of fused-ring (bicyclic) bond motifs is 3. The number of aromatic nitrogens is 2. The molecule has 0 amide bonds. The zero-order valence-electron chi connectivity index (χ0n) is 10.3. The Kier molecular flexibility index (Phi) is 2.53. The van der Waals surface area contributed by atoms with Crippen LogP contribution in [0.4, 0.5) is 0 Å². The van der Waals surface area contributed by atoms with Crippen molar-refractivity contribution in [1.29, 1.82) is 0 Å². The Bertz CT molecular complexity index is 799. The number of hydrogen-bond donors (Lipinski definition) is 0. The quantitative estimate of drug-likeness (QED) is 0.472. The summed E-state index contributed by atoms with van der Waals surface area (Å²) in [7, 11) is 0. The number of benzene rings is 2. The second-order valence-electron chi connectivity index (χ2n) is 4.48. The van der Waals surface area contributed by atoms with Gasteiger partial charge in [0.2, 0.25) is 0 Å². The molecule has 0 unspecified atom stereocenters. The zero-order chi connectivity index (χ0) is 12.8. The molecule has 0 spiro atoms. The van der Waals surface area contributed by atoms with Crippen LogP contribution in [0.5, 0.6) is 0 Å². The van der Waals surface area contributed by atoms with Crippen molar-refractivity contribution in [3.8, 4) is 0 Å². The van der Waals surface area contributed by atoms with E-state index in [1.165, 1.54) is 15.4 Å². The first-order valence-corrected chi connectivity index (χ1v) is 7.66. The Morgan fingerprint density at radius 2 is 1.42 bits per heavy atom. The maximum atomic E-state index is 4.72. The van der Waals surface area contributed by atoms with Gasteiger partial charge in [-0.3, -0.25) is 0 Å². The van der Waals surface area contributed by atoms with Crippen molar-refractivity contribution in [2.75, 3.05) is 0 Å². The third kappa shape index (κ3) is 1.91. The Morgan fingerprint density at radius 3 is 2.11 bits per heavy atom. The van der Waals surface area contributed by atoms with Gasteiger partial charge in [-0.2, -0.15) is 0 Å². The first kappa shape index (κ1) is 11.3. The van der Waals surface area contributed by atoms with Crippen LogP contribution in [0, 0.1) is 6.92 Å². The number of para-hydroxylation sites is 2. The van der Waals surface area contributed by atoms with Crippen molar-refractivity contribution < 1.29 is 0 Å². The van der Waals surface area contributed by atoms with E-state index in [2.05, 4.69) is 25.1 Å². The van der Waals surface area contributed by atoms with Crippen LogP contribution in [0.15, 0.2) is 62.3 Å². The number of hydrogen-bond acceptors (Lipinski definition) is 4. The molecule has 0 atom stereocenters. The van der Waals surface area contributed by atoms with Gasteiger partial charge in [0, 0.05) is 9.79 Å². The Labute approximate surface area is 119 Å². The lowest BCUT2D eigenvalue weighted by molar-refractivity contribution is 0.952. The summed E-state index contributed by atoms with van der Waals surface area (Å²) < 4.78 is 0. The van der Waals surface area contributed by atoms with Crippen LogP contribution in [0.2, 0.25) is 0 Å². The first-order chi connectivity index (χ1) is 9.29. The summed E-state index contributed by atoms with van der Waals surface area (Å²) in [5, 5.41) is 2.03. The van der Waals surface area contributed by atoms with Crippen molar-refractivity contribution in [3.63, 3.8) is 0 Å². The van der Waals surface area contributed by atoms with Gasteiger partial charge in [-0.1, -0.05) is 41.7 Å². The maximum absolute atomic E-state index is 4.72. The molecule has 92 valence electrons. The molecule has 1 aromatic heterocycles. The third-order valence-corrected chi connectivity index (χ3v) is 5.37. The molecular weight excluding hydrogens is 272 g/mol. The van der Waals surface area contributed by atoms with Crippen LogP contribution >= 0.6 is 23.5 Å². The van der Waals surface area contributed by atoms with Crippen LogP contribution in [0.3, 0.4) is 0 Å². The Hall–Kier alpha value is -1.52. The van der Waals surface area contributed by atoms with Crippen molar-refractivity contribution >= 4 is 34.6 Å². The molecular formula is C15H10N2S2. The number of nitrogens with zero attached hydrogens (tertiary/aromatic N) is 2. The molecule has 0 aliphatic carbocycles. The fraction of sp³-hybridized carbons (Fsp3) is 0.0667. The fourth-order valence-electron chi connectivity index (χ4n) is 2.09. The summed E-state index contributed by atoms with van der Waals surface area (Å²) in [6, 6.07) is 14.6. The van der Waals surface area contributed by atoms with Gasteiger partial charge in [-0.15, -0.1) is 0 Å². The summed E-state index contributed by atoms with van der Waals surface area (Å²) in [6.45, 7) is 2.12. The van der Waals surface area contributed by atoms with E-state index in [9.17, 15) is 0 Å².